The summed E-state index contributed by atoms with van der Waals surface area (Å²) in [7, 11) is 0. The lowest BCUT2D eigenvalue weighted by atomic mass is 10.0. The van der Waals surface area contributed by atoms with Gasteiger partial charge in [-0.3, -0.25) is 0 Å². The highest BCUT2D eigenvalue weighted by molar-refractivity contribution is 5.51. The van der Waals surface area contributed by atoms with Gasteiger partial charge in [-0.1, -0.05) is 91.0 Å². The van der Waals surface area contributed by atoms with E-state index in [4.69, 9.17) is 52.8 Å². The SMILES string of the molecule is NCCCN(CCCN)c1nc(NCc2ccccc2)nc(N2CCN(c3nc(NCc4ccccc4)nc(N(CCCN)CCCN)n3)C(Cc3ccccc3)C2)n1. The summed E-state index contributed by atoms with van der Waals surface area (Å²) < 4.78 is 0. The third-order valence-electron chi connectivity index (χ3n) is 10.2. The van der Waals surface area contributed by atoms with E-state index in [1.807, 2.05) is 42.5 Å². The second kappa shape index (κ2) is 23.0. The summed E-state index contributed by atoms with van der Waals surface area (Å²) in [5, 5.41) is 6.97. The van der Waals surface area contributed by atoms with Crippen LogP contribution < -0.4 is 53.2 Å². The summed E-state index contributed by atoms with van der Waals surface area (Å²) in [5.41, 5.74) is 27.4. The Morgan fingerprint density at radius 3 is 1.39 bits per heavy atom. The van der Waals surface area contributed by atoms with Crippen LogP contribution in [-0.2, 0) is 19.5 Å². The molecule has 0 aliphatic carbocycles. The lowest BCUT2D eigenvalue weighted by molar-refractivity contribution is 0.501. The van der Waals surface area contributed by atoms with Gasteiger partial charge in [0.15, 0.2) is 0 Å². The van der Waals surface area contributed by atoms with Crippen LogP contribution >= 0.6 is 0 Å². The lowest BCUT2D eigenvalue weighted by Crippen LogP contribution is -2.55. The number of nitrogens with zero attached hydrogens (tertiary/aromatic N) is 10. The van der Waals surface area contributed by atoms with E-state index in [2.05, 4.69) is 78.8 Å². The van der Waals surface area contributed by atoms with E-state index in [1.54, 1.807) is 0 Å². The van der Waals surface area contributed by atoms with Crippen molar-refractivity contribution in [2.45, 2.75) is 51.2 Å². The predicted molar refractivity (Wildman–Crippen MR) is 240 cm³/mol. The third-order valence-corrected chi connectivity index (χ3v) is 10.2. The monoisotopic (exact) mass is 803 g/mol. The van der Waals surface area contributed by atoms with Crippen LogP contribution in [0.3, 0.4) is 0 Å². The van der Waals surface area contributed by atoms with Crippen molar-refractivity contribution in [2.24, 2.45) is 22.9 Å². The van der Waals surface area contributed by atoms with Gasteiger partial charge in [0.1, 0.15) is 0 Å². The number of hydrogen-bond donors (Lipinski definition) is 6. The van der Waals surface area contributed by atoms with Crippen molar-refractivity contribution < 1.29 is 0 Å². The average molecular weight is 803 g/mol. The average Bonchev–Trinajstić information content (AvgIpc) is 3.28. The van der Waals surface area contributed by atoms with E-state index >= 15 is 0 Å². The number of hydrogen-bond acceptors (Lipinski definition) is 16. The summed E-state index contributed by atoms with van der Waals surface area (Å²) in [6.07, 6.45) is 3.98. The van der Waals surface area contributed by atoms with E-state index in [-0.39, 0.29) is 6.04 Å². The number of piperazine rings is 1. The van der Waals surface area contributed by atoms with Crippen LogP contribution in [0.25, 0.3) is 0 Å². The third kappa shape index (κ3) is 12.9. The maximum absolute atomic E-state index is 5.99. The molecule has 3 aromatic carbocycles. The summed E-state index contributed by atoms with van der Waals surface area (Å²) in [6.45, 7) is 8.19. The Kier molecular flexibility index (Phi) is 16.8. The molecule has 0 spiro atoms. The molecule has 1 fully saturated rings. The van der Waals surface area contributed by atoms with E-state index in [0.717, 1.165) is 69.4 Å². The van der Waals surface area contributed by atoms with Gasteiger partial charge >= 0.3 is 0 Å². The maximum atomic E-state index is 5.99. The van der Waals surface area contributed by atoms with Crippen molar-refractivity contribution in [3.63, 3.8) is 0 Å². The fraction of sp³-hybridized carbons (Fsp3) is 0.442. The molecule has 0 amide bonds. The summed E-state index contributed by atoms with van der Waals surface area (Å²) in [5.74, 6) is 3.50. The number of aromatic nitrogens is 6. The predicted octanol–water partition coefficient (Wildman–Crippen LogP) is 3.23. The molecule has 5 aromatic rings. The molecule has 314 valence electrons. The van der Waals surface area contributed by atoms with Crippen LogP contribution in [0.1, 0.15) is 42.4 Å². The van der Waals surface area contributed by atoms with Crippen LogP contribution in [0.15, 0.2) is 91.0 Å². The molecule has 2 aromatic heterocycles. The number of rotatable bonds is 24. The van der Waals surface area contributed by atoms with Gasteiger partial charge in [-0.15, -0.1) is 0 Å². The minimum absolute atomic E-state index is 0.0311. The molecule has 10 N–H and O–H groups in total. The molecule has 1 saturated heterocycles. The molecule has 1 unspecified atom stereocenters. The zero-order chi connectivity index (χ0) is 41.1. The van der Waals surface area contributed by atoms with Gasteiger partial charge in [0.05, 0.1) is 6.04 Å². The van der Waals surface area contributed by atoms with E-state index < -0.39 is 0 Å². The Hall–Kier alpha value is -5.68. The molecular weight excluding hydrogens is 741 g/mol. The topological polar surface area (TPSA) is 218 Å². The first-order valence-corrected chi connectivity index (χ1v) is 21.0. The molecule has 16 heteroatoms. The van der Waals surface area contributed by atoms with Crippen molar-refractivity contribution in [3.05, 3.63) is 108 Å². The highest BCUT2D eigenvalue weighted by Crippen LogP contribution is 2.27. The highest BCUT2D eigenvalue weighted by Gasteiger charge is 2.32. The number of nitrogens with one attached hydrogen (secondary N) is 2. The number of nitrogens with two attached hydrogens (primary N) is 4. The highest BCUT2D eigenvalue weighted by atomic mass is 15.4. The minimum atomic E-state index is -0.0311. The van der Waals surface area contributed by atoms with Crippen molar-refractivity contribution >= 4 is 35.7 Å². The molecule has 16 nitrogen and oxygen atoms in total. The van der Waals surface area contributed by atoms with E-state index in [0.29, 0.717) is 94.6 Å². The van der Waals surface area contributed by atoms with Crippen LogP contribution in [0.5, 0.6) is 0 Å². The quantitative estimate of drug-likeness (QED) is 0.0528. The standard InChI is InChI=1S/C43H62N16/c44-20-10-24-56(25-11-21-45)40-50-38(48-31-35-16-6-2-7-17-35)52-42(54-40)58-28-29-59(37(33-58)30-34-14-4-1-5-15-34)43-53-39(49-32-36-18-8-3-9-19-36)51-41(55-43)57(26-12-22-46)27-13-23-47/h1-9,14-19,37H,10-13,20-33,44-47H2,(H,48,50,52,54)(H,49,51,53,55). The molecule has 1 atom stereocenters. The fourth-order valence-corrected chi connectivity index (χ4v) is 7.09. The number of anilines is 6. The Bertz CT molecular complexity index is 1920. The smallest absolute Gasteiger partial charge is 0.232 e. The van der Waals surface area contributed by atoms with Crippen LogP contribution in [0.4, 0.5) is 35.7 Å². The molecule has 1 aliphatic heterocycles. The molecule has 3 heterocycles. The molecular formula is C43H62N16. The minimum Gasteiger partial charge on any atom is -0.350 e. The first-order chi connectivity index (χ1) is 29.1. The van der Waals surface area contributed by atoms with Gasteiger partial charge < -0.3 is 53.2 Å². The van der Waals surface area contributed by atoms with Gasteiger partial charge in [0.2, 0.25) is 35.7 Å². The van der Waals surface area contributed by atoms with Crippen LogP contribution in [0.2, 0.25) is 0 Å². The molecule has 0 radical (unpaired) electrons. The lowest BCUT2D eigenvalue weighted by Gasteiger charge is -2.42. The van der Waals surface area contributed by atoms with E-state index in [1.165, 1.54) is 5.56 Å². The summed E-state index contributed by atoms with van der Waals surface area (Å²) in [4.78, 5) is 39.3. The molecule has 59 heavy (non-hydrogen) atoms. The summed E-state index contributed by atoms with van der Waals surface area (Å²) >= 11 is 0. The molecule has 0 saturated carbocycles. The fourth-order valence-electron chi connectivity index (χ4n) is 7.09. The summed E-state index contributed by atoms with van der Waals surface area (Å²) in [6, 6.07) is 31.0. The Morgan fingerprint density at radius 2 is 0.932 bits per heavy atom. The number of benzene rings is 3. The van der Waals surface area contributed by atoms with Gasteiger partial charge in [0, 0.05) is 58.9 Å². The molecule has 6 rings (SSSR count). The zero-order valence-corrected chi connectivity index (χ0v) is 34.2. The zero-order valence-electron chi connectivity index (χ0n) is 34.2. The van der Waals surface area contributed by atoms with Gasteiger partial charge in [-0.25, -0.2) is 0 Å². The van der Waals surface area contributed by atoms with Crippen molar-refractivity contribution in [2.75, 3.05) is 102 Å². The van der Waals surface area contributed by atoms with Gasteiger partial charge in [-0.05, 0) is 75.0 Å². The van der Waals surface area contributed by atoms with E-state index in [9.17, 15) is 0 Å². The molecule has 1 aliphatic rings. The maximum Gasteiger partial charge on any atom is 0.232 e. The largest absolute Gasteiger partial charge is 0.350 e. The first kappa shape index (κ1) is 42.9. The first-order valence-electron chi connectivity index (χ1n) is 21.0. The second-order valence-electron chi connectivity index (χ2n) is 14.7. The molecule has 0 bridgehead atoms. The second-order valence-corrected chi connectivity index (χ2v) is 14.7. The Morgan fingerprint density at radius 1 is 0.508 bits per heavy atom. The van der Waals surface area contributed by atoms with Crippen molar-refractivity contribution in [1.29, 1.82) is 0 Å². The normalized spacial score (nSPS) is 14.0. The van der Waals surface area contributed by atoms with Crippen molar-refractivity contribution in [3.8, 4) is 0 Å². The van der Waals surface area contributed by atoms with Gasteiger partial charge in [0.25, 0.3) is 0 Å². The van der Waals surface area contributed by atoms with Crippen molar-refractivity contribution in [1.82, 2.24) is 29.9 Å². The Balaban J connectivity index is 1.35. The van der Waals surface area contributed by atoms with Crippen LogP contribution in [-0.4, -0.2) is 108 Å². The Labute approximate surface area is 348 Å². The van der Waals surface area contributed by atoms with Gasteiger partial charge in [-0.2, -0.15) is 29.9 Å². The van der Waals surface area contributed by atoms with Crippen LogP contribution in [0, 0.1) is 0 Å².